The Morgan fingerprint density at radius 2 is 1.38 bits per heavy atom. The first-order chi connectivity index (χ1) is 23.2. The van der Waals surface area contributed by atoms with Gasteiger partial charge in [0.1, 0.15) is 11.2 Å². The number of rotatable bonds is 3. The zero-order chi connectivity index (χ0) is 31.1. The number of anilines is 2. The van der Waals surface area contributed by atoms with Crippen LogP contribution < -0.4 is 16.2 Å². The van der Waals surface area contributed by atoms with Crippen molar-refractivity contribution in [2.45, 2.75) is 25.7 Å². The van der Waals surface area contributed by atoms with Crippen molar-refractivity contribution >= 4 is 62.3 Å². The number of nitrogens with one attached hydrogen (secondary N) is 1. The Morgan fingerprint density at radius 1 is 0.596 bits per heavy atom. The van der Waals surface area contributed by atoms with Crippen LogP contribution in [0.2, 0.25) is 0 Å². The quantitative estimate of drug-likeness (QED) is 0.204. The Balaban J connectivity index is 1.28. The summed E-state index contributed by atoms with van der Waals surface area (Å²) in [5, 5.41) is 8.83. The van der Waals surface area contributed by atoms with Gasteiger partial charge in [0.05, 0.1) is 5.69 Å². The van der Waals surface area contributed by atoms with Crippen molar-refractivity contribution in [3.63, 3.8) is 0 Å². The summed E-state index contributed by atoms with van der Waals surface area (Å²) in [6, 6.07) is 49.1. The summed E-state index contributed by atoms with van der Waals surface area (Å²) in [5.41, 5.74) is 17.9. The third-order valence-corrected chi connectivity index (χ3v) is 10.7. The van der Waals surface area contributed by atoms with E-state index in [1.807, 2.05) is 0 Å². The summed E-state index contributed by atoms with van der Waals surface area (Å²) >= 11 is 0. The lowest BCUT2D eigenvalue weighted by Crippen LogP contribution is -2.41. The molecular formula is C44H32BNO. The predicted molar refractivity (Wildman–Crippen MR) is 200 cm³/mol. The number of aryl methyl sites for hydroxylation is 2. The second-order valence-corrected chi connectivity index (χ2v) is 13.3. The summed E-state index contributed by atoms with van der Waals surface area (Å²) in [4.78, 5) is 0. The van der Waals surface area contributed by atoms with E-state index in [1.165, 1.54) is 66.2 Å². The van der Waals surface area contributed by atoms with Gasteiger partial charge in [-0.15, -0.1) is 0 Å². The smallest absolute Gasteiger partial charge is 0.193 e. The maximum Gasteiger partial charge on any atom is 0.193 e. The van der Waals surface area contributed by atoms with Crippen molar-refractivity contribution in [3.8, 4) is 22.3 Å². The molecule has 0 bridgehead atoms. The number of para-hydroxylation sites is 2. The minimum Gasteiger partial charge on any atom is -0.456 e. The second-order valence-electron chi connectivity index (χ2n) is 13.3. The van der Waals surface area contributed by atoms with Crippen LogP contribution in [0.15, 0.2) is 138 Å². The van der Waals surface area contributed by atoms with Crippen LogP contribution in [0.3, 0.4) is 0 Å². The van der Waals surface area contributed by atoms with Gasteiger partial charge in [-0.25, -0.2) is 0 Å². The molecule has 47 heavy (non-hydrogen) atoms. The van der Waals surface area contributed by atoms with Gasteiger partial charge in [0.2, 0.25) is 0 Å². The highest BCUT2D eigenvalue weighted by Gasteiger charge is 2.34. The molecule has 1 aliphatic carbocycles. The van der Waals surface area contributed by atoms with Crippen LogP contribution in [-0.2, 0) is 6.42 Å². The van der Waals surface area contributed by atoms with Crippen LogP contribution in [0.1, 0.15) is 34.6 Å². The molecular weight excluding hydrogens is 569 g/mol. The fraction of sp³-hybridized carbons (Fsp3) is 0.0909. The van der Waals surface area contributed by atoms with E-state index >= 15 is 0 Å². The number of hydrogen-bond donors (Lipinski definition) is 1. The molecule has 3 heteroatoms. The molecule has 7 aromatic carbocycles. The van der Waals surface area contributed by atoms with Gasteiger partial charge in [0.25, 0.3) is 0 Å². The van der Waals surface area contributed by atoms with Crippen molar-refractivity contribution in [3.05, 3.63) is 156 Å². The normalized spacial score (nSPS) is 14.7. The van der Waals surface area contributed by atoms with E-state index in [0.717, 1.165) is 53.4 Å². The molecule has 0 spiro atoms. The molecule has 2 nitrogen and oxygen atoms in total. The van der Waals surface area contributed by atoms with Gasteiger partial charge in [0.15, 0.2) is 7.28 Å². The first kappa shape index (κ1) is 26.7. The van der Waals surface area contributed by atoms with E-state index in [4.69, 9.17) is 4.42 Å². The molecule has 0 amide bonds. The summed E-state index contributed by atoms with van der Waals surface area (Å²) in [5.74, 6) is 0.327. The Labute approximate surface area is 274 Å². The lowest BCUT2D eigenvalue weighted by Gasteiger charge is -2.32. The van der Waals surface area contributed by atoms with Crippen LogP contribution in [-0.4, -0.2) is 7.28 Å². The highest BCUT2D eigenvalue weighted by Crippen LogP contribution is 2.46. The van der Waals surface area contributed by atoms with Crippen LogP contribution in [0.4, 0.5) is 11.4 Å². The maximum atomic E-state index is 6.44. The SMILES string of the molecule is Cc1ccccc1Nc1cc2oc3ccccc3c2cc1-c1cc2ccccc2c2c1Bc1cccc3c1C2CCc1ccccc1-3. The lowest BCUT2D eigenvalue weighted by molar-refractivity contribution is 0.669. The molecule has 1 unspecified atom stereocenters. The molecule has 2 heterocycles. The van der Waals surface area contributed by atoms with Gasteiger partial charge in [-0.3, -0.25) is 0 Å². The molecule has 0 saturated heterocycles. The molecule has 0 fully saturated rings. The van der Waals surface area contributed by atoms with E-state index < -0.39 is 0 Å². The average molecular weight is 602 g/mol. The lowest BCUT2D eigenvalue weighted by atomic mass is 9.51. The number of hydrogen-bond acceptors (Lipinski definition) is 2. The van der Waals surface area contributed by atoms with E-state index in [9.17, 15) is 0 Å². The number of benzene rings is 7. The number of furan rings is 1. The zero-order valence-corrected chi connectivity index (χ0v) is 26.3. The molecule has 1 N–H and O–H groups in total. The minimum absolute atomic E-state index is 0.327. The Bertz CT molecular complexity index is 2560. The molecule has 1 aliphatic heterocycles. The summed E-state index contributed by atoms with van der Waals surface area (Å²) < 4.78 is 6.44. The van der Waals surface area contributed by atoms with Crippen LogP contribution in [0.25, 0.3) is 55.0 Å². The van der Waals surface area contributed by atoms with Crippen LogP contribution in [0, 0.1) is 6.92 Å². The van der Waals surface area contributed by atoms with Crippen molar-refractivity contribution < 1.29 is 4.42 Å². The largest absolute Gasteiger partial charge is 0.456 e. The fourth-order valence-electron chi connectivity index (χ4n) is 8.54. The fourth-order valence-corrected chi connectivity index (χ4v) is 8.54. The van der Waals surface area contributed by atoms with Gasteiger partial charge in [0, 0.05) is 34.0 Å². The van der Waals surface area contributed by atoms with E-state index in [2.05, 4.69) is 146 Å². The van der Waals surface area contributed by atoms with Crippen LogP contribution >= 0.6 is 0 Å². The topological polar surface area (TPSA) is 25.2 Å². The van der Waals surface area contributed by atoms with E-state index in [0.29, 0.717) is 5.92 Å². The van der Waals surface area contributed by atoms with Crippen LogP contribution in [0.5, 0.6) is 0 Å². The van der Waals surface area contributed by atoms with Gasteiger partial charge < -0.3 is 9.73 Å². The van der Waals surface area contributed by atoms with Crippen molar-refractivity contribution in [1.82, 2.24) is 0 Å². The van der Waals surface area contributed by atoms with Gasteiger partial charge >= 0.3 is 0 Å². The Hall–Kier alpha value is -5.54. The molecule has 0 saturated carbocycles. The van der Waals surface area contributed by atoms with Crippen molar-refractivity contribution in [1.29, 1.82) is 0 Å². The van der Waals surface area contributed by atoms with Gasteiger partial charge in [-0.2, -0.15) is 0 Å². The van der Waals surface area contributed by atoms with E-state index in [-0.39, 0.29) is 0 Å². The summed E-state index contributed by atoms with van der Waals surface area (Å²) in [7, 11) is 0.908. The minimum atomic E-state index is 0.327. The third-order valence-electron chi connectivity index (χ3n) is 10.7. The monoisotopic (exact) mass is 601 g/mol. The standard InChI is InChI=1S/C44H32BNO/c1-26-11-2-8-19-38(26)46-39-25-41-35(31-16-7-9-20-40(31)47-41)24-34(39)36-23-28-13-4-6-15-30(28)43-33-22-21-27-12-3-5-14-29(27)32-17-10-18-37(42(32)33)45-44(36)43/h2-20,23-25,33,45-46H,21-22H2,1H3. The molecule has 1 atom stereocenters. The Morgan fingerprint density at radius 3 is 2.32 bits per heavy atom. The molecule has 0 radical (unpaired) electrons. The summed E-state index contributed by atoms with van der Waals surface area (Å²) in [6.07, 6.45) is 2.17. The maximum absolute atomic E-state index is 6.44. The first-order valence-electron chi connectivity index (χ1n) is 16.7. The first-order valence-corrected chi connectivity index (χ1v) is 16.7. The number of fused-ring (bicyclic) bond motifs is 9. The molecule has 222 valence electrons. The predicted octanol–water partition coefficient (Wildman–Crippen LogP) is 9.90. The van der Waals surface area contributed by atoms with Gasteiger partial charge in [-0.1, -0.05) is 114 Å². The van der Waals surface area contributed by atoms with Crippen molar-refractivity contribution in [2.24, 2.45) is 0 Å². The highest BCUT2D eigenvalue weighted by atomic mass is 16.3. The second kappa shape index (κ2) is 10.2. The zero-order valence-electron chi connectivity index (χ0n) is 26.3. The van der Waals surface area contributed by atoms with Gasteiger partial charge in [-0.05, 0) is 93.7 Å². The van der Waals surface area contributed by atoms with E-state index in [1.54, 1.807) is 0 Å². The average Bonchev–Trinajstić information content (AvgIpc) is 3.38. The Kier molecular flexibility index (Phi) is 5.81. The molecule has 8 aromatic rings. The summed E-state index contributed by atoms with van der Waals surface area (Å²) in [6.45, 7) is 2.16. The van der Waals surface area contributed by atoms with Crippen molar-refractivity contribution in [2.75, 3.05) is 5.32 Å². The highest BCUT2D eigenvalue weighted by molar-refractivity contribution is 6.71. The molecule has 1 aromatic heterocycles. The molecule has 10 rings (SSSR count). The molecule has 2 aliphatic rings. The third kappa shape index (κ3) is 4.06.